The zero-order chi connectivity index (χ0) is 24.4. The van der Waals surface area contributed by atoms with Crippen LogP contribution in [0.1, 0.15) is 46.4 Å². The van der Waals surface area contributed by atoms with E-state index in [4.69, 9.17) is 21.4 Å². The molecule has 4 aromatic rings. The summed E-state index contributed by atoms with van der Waals surface area (Å²) < 4.78 is 11.3. The summed E-state index contributed by atoms with van der Waals surface area (Å²) in [6, 6.07) is 24.9. The van der Waals surface area contributed by atoms with E-state index in [-0.39, 0.29) is 18.1 Å². The van der Waals surface area contributed by atoms with Crippen molar-refractivity contribution in [2.75, 3.05) is 12.0 Å². The lowest BCUT2D eigenvalue weighted by molar-refractivity contribution is 0.0601. The van der Waals surface area contributed by atoms with Gasteiger partial charge in [0.1, 0.15) is 17.6 Å². The molecule has 0 spiro atoms. The van der Waals surface area contributed by atoms with Gasteiger partial charge in [0, 0.05) is 17.4 Å². The number of nitrogens with zero attached hydrogens (tertiary/aromatic N) is 2. The second-order valence-corrected chi connectivity index (χ2v) is 8.68. The molecule has 5 rings (SSSR count). The molecule has 0 aliphatic carbocycles. The van der Waals surface area contributed by atoms with Gasteiger partial charge in [-0.1, -0.05) is 37.3 Å². The van der Waals surface area contributed by atoms with Crippen LogP contribution in [0.4, 0.5) is 5.69 Å². The number of anilines is 1. The Bertz CT molecular complexity index is 1350. The van der Waals surface area contributed by atoms with E-state index in [9.17, 15) is 4.79 Å². The summed E-state index contributed by atoms with van der Waals surface area (Å²) in [5.41, 5.74) is 4.37. The van der Waals surface area contributed by atoms with Crippen molar-refractivity contribution in [3.05, 3.63) is 108 Å². The van der Waals surface area contributed by atoms with E-state index in [1.807, 2.05) is 42.5 Å². The van der Waals surface area contributed by atoms with Gasteiger partial charge in [0.25, 0.3) is 0 Å². The summed E-state index contributed by atoms with van der Waals surface area (Å²) in [7, 11) is 1.37. The van der Waals surface area contributed by atoms with Crippen molar-refractivity contribution in [1.29, 1.82) is 0 Å². The van der Waals surface area contributed by atoms with Crippen molar-refractivity contribution in [1.82, 2.24) is 10.3 Å². The molecule has 1 aliphatic rings. The highest BCUT2D eigenvalue weighted by atomic mass is 32.1. The van der Waals surface area contributed by atoms with Gasteiger partial charge in [0.15, 0.2) is 5.11 Å². The third kappa shape index (κ3) is 4.42. The zero-order valence-electron chi connectivity index (χ0n) is 19.5. The minimum Gasteiger partial charge on any atom is -0.465 e. The van der Waals surface area contributed by atoms with Crippen LogP contribution in [-0.4, -0.2) is 23.2 Å². The highest BCUT2D eigenvalue weighted by Crippen LogP contribution is 2.43. The minimum atomic E-state index is -0.388. The lowest BCUT2D eigenvalue weighted by Gasteiger charge is -2.26. The summed E-state index contributed by atoms with van der Waals surface area (Å²) in [6.07, 6.45) is 2.75. The maximum absolute atomic E-state index is 12.0. The van der Waals surface area contributed by atoms with Gasteiger partial charge in [-0.25, -0.2) is 4.79 Å². The van der Waals surface area contributed by atoms with E-state index >= 15 is 0 Å². The second kappa shape index (κ2) is 9.72. The summed E-state index contributed by atoms with van der Waals surface area (Å²) in [4.78, 5) is 18.7. The van der Waals surface area contributed by atoms with Crippen LogP contribution in [0, 0.1) is 0 Å². The number of rotatable bonds is 6. The summed E-state index contributed by atoms with van der Waals surface area (Å²) in [5, 5.41) is 4.06. The van der Waals surface area contributed by atoms with Gasteiger partial charge in [0.05, 0.1) is 24.4 Å². The van der Waals surface area contributed by atoms with Crippen LogP contribution in [0.15, 0.2) is 89.5 Å². The number of furan rings is 1. The molecule has 7 heteroatoms. The average molecular weight is 484 g/mol. The Morgan fingerprint density at radius 2 is 1.91 bits per heavy atom. The number of hydrogen-bond acceptors (Lipinski definition) is 5. The fourth-order valence-electron chi connectivity index (χ4n) is 4.40. The fourth-order valence-corrected chi connectivity index (χ4v) is 4.74. The van der Waals surface area contributed by atoms with Crippen LogP contribution in [0.2, 0.25) is 0 Å². The van der Waals surface area contributed by atoms with E-state index in [1.165, 1.54) is 12.7 Å². The van der Waals surface area contributed by atoms with Gasteiger partial charge < -0.3 is 19.4 Å². The summed E-state index contributed by atoms with van der Waals surface area (Å²) in [5.74, 6) is 1.01. The van der Waals surface area contributed by atoms with Crippen molar-refractivity contribution >= 4 is 29.0 Å². The van der Waals surface area contributed by atoms with E-state index in [0.717, 1.165) is 29.1 Å². The molecule has 3 heterocycles. The standard InChI is InChI=1S/C28H25N3O3S/c1-3-18-10-12-21(13-11-18)31-26(25(30-28(31)35)22-9-4-5-16-29-22)24-15-14-23(34-24)19-7-6-8-20(17-19)27(32)33-2/h4-17,25-26H,3H2,1-2H3,(H,30,35). The largest absolute Gasteiger partial charge is 0.465 e. The van der Waals surface area contributed by atoms with Gasteiger partial charge >= 0.3 is 5.97 Å². The number of hydrogen-bond donors (Lipinski definition) is 1. The number of esters is 1. The second-order valence-electron chi connectivity index (χ2n) is 8.29. The topological polar surface area (TPSA) is 67.6 Å². The molecule has 2 atom stereocenters. The number of methoxy groups -OCH3 is 1. The molecule has 0 saturated carbocycles. The summed E-state index contributed by atoms with van der Waals surface area (Å²) >= 11 is 5.79. The van der Waals surface area contributed by atoms with Gasteiger partial charge in [-0.15, -0.1) is 0 Å². The molecular weight excluding hydrogens is 458 g/mol. The van der Waals surface area contributed by atoms with Crippen LogP contribution in [0.3, 0.4) is 0 Å². The number of carbonyl (C=O) groups is 1. The van der Waals surface area contributed by atoms with Crippen LogP contribution in [0.25, 0.3) is 11.3 Å². The van der Waals surface area contributed by atoms with Gasteiger partial charge in [-0.05, 0) is 72.7 Å². The molecule has 0 bridgehead atoms. The molecule has 2 unspecified atom stereocenters. The van der Waals surface area contributed by atoms with Gasteiger partial charge in [0.2, 0.25) is 0 Å². The predicted octanol–water partition coefficient (Wildman–Crippen LogP) is 5.87. The lowest BCUT2D eigenvalue weighted by atomic mass is 10.0. The zero-order valence-corrected chi connectivity index (χ0v) is 20.3. The molecule has 6 nitrogen and oxygen atoms in total. The maximum atomic E-state index is 12.0. The van der Waals surface area contributed by atoms with E-state index in [2.05, 4.69) is 46.4 Å². The molecule has 0 amide bonds. The van der Waals surface area contributed by atoms with Crippen molar-refractivity contribution in [2.24, 2.45) is 0 Å². The summed E-state index contributed by atoms with van der Waals surface area (Å²) in [6.45, 7) is 2.14. The first-order valence-electron chi connectivity index (χ1n) is 11.5. The number of benzene rings is 2. The Hall–Kier alpha value is -3.97. The number of nitrogens with one attached hydrogen (secondary N) is 1. The van der Waals surface area contributed by atoms with Crippen LogP contribution in [-0.2, 0) is 11.2 Å². The number of aryl methyl sites for hydroxylation is 1. The maximum Gasteiger partial charge on any atom is 0.337 e. The molecule has 35 heavy (non-hydrogen) atoms. The first-order chi connectivity index (χ1) is 17.1. The monoisotopic (exact) mass is 483 g/mol. The number of pyridine rings is 1. The number of carbonyl (C=O) groups excluding carboxylic acids is 1. The van der Waals surface area contributed by atoms with E-state index in [0.29, 0.717) is 16.4 Å². The highest BCUT2D eigenvalue weighted by Gasteiger charge is 2.42. The molecule has 0 radical (unpaired) electrons. The highest BCUT2D eigenvalue weighted by molar-refractivity contribution is 7.80. The molecular formula is C28H25N3O3S. The smallest absolute Gasteiger partial charge is 0.337 e. The number of aromatic nitrogens is 1. The Morgan fingerprint density at radius 3 is 2.63 bits per heavy atom. The lowest BCUT2D eigenvalue weighted by Crippen LogP contribution is -2.29. The normalized spacial score (nSPS) is 17.3. The van der Waals surface area contributed by atoms with Crippen LogP contribution >= 0.6 is 12.2 Å². The molecule has 1 N–H and O–H groups in total. The average Bonchev–Trinajstić information content (AvgIpc) is 3.53. The molecule has 176 valence electrons. The Kier molecular flexibility index (Phi) is 6.33. The molecule has 1 saturated heterocycles. The van der Waals surface area contributed by atoms with E-state index < -0.39 is 0 Å². The molecule has 1 fully saturated rings. The van der Waals surface area contributed by atoms with Crippen molar-refractivity contribution in [3.8, 4) is 11.3 Å². The van der Waals surface area contributed by atoms with Gasteiger partial charge in [-0.3, -0.25) is 4.98 Å². The number of ether oxygens (including phenoxy) is 1. The SMILES string of the molecule is CCc1ccc(N2C(=S)NC(c3ccccn3)C2c2ccc(-c3cccc(C(=O)OC)c3)o2)cc1. The van der Waals surface area contributed by atoms with Crippen LogP contribution < -0.4 is 10.2 Å². The third-order valence-electron chi connectivity index (χ3n) is 6.21. The van der Waals surface area contributed by atoms with E-state index in [1.54, 1.807) is 18.3 Å². The minimum absolute atomic E-state index is 0.199. The molecule has 2 aromatic carbocycles. The Morgan fingerprint density at radius 1 is 1.09 bits per heavy atom. The Balaban J connectivity index is 1.56. The van der Waals surface area contributed by atoms with Crippen LogP contribution in [0.5, 0.6) is 0 Å². The Labute approximate surface area is 209 Å². The van der Waals surface area contributed by atoms with Crippen molar-refractivity contribution < 1.29 is 13.9 Å². The quantitative estimate of drug-likeness (QED) is 0.272. The fraction of sp³-hybridized carbons (Fsp3) is 0.179. The van der Waals surface area contributed by atoms with Crippen molar-refractivity contribution in [3.63, 3.8) is 0 Å². The first kappa shape index (κ1) is 22.8. The molecule has 1 aliphatic heterocycles. The molecule has 2 aromatic heterocycles. The first-order valence-corrected chi connectivity index (χ1v) is 11.9. The van der Waals surface area contributed by atoms with Gasteiger partial charge in [-0.2, -0.15) is 0 Å². The third-order valence-corrected chi connectivity index (χ3v) is 6.52. The predicted molar refractivity (Wildman–Crippen MR) is 139 cm³/mol. The van der Waals surface area contributed by atoms with Crippen molar-refractivity contribution in [2.45, 2.75) is 25.4 Å². The number of thiocarbonyl (C=S) groups is 1.